The Balaban J connectivity index is 1.62. The molecule has 3 aromatic carbocycles. The number of hydrogen-bond acceptors (Lipinski definition) is 14. The van der Waals surface area contributed by atoms with E-state index in [-0.39, 0.29) is 38.5 Å². The van der Waals surface area contributed by atoms with Crippen molar-refractivity contribution in [2.45, 2.75) is 47.9 Å². The second kappa shape index (κ2) is 11.9. The minimum atomic E-state index is -5.46. The number of benzene rings is 3. The highest BCUT2D eigenvalue weighted by Crippen LogP contribution is 2.39. The summed E-state index contributed by atoms with van der Waals surface area (Å²) < 4.78 is 75.2. The van der Waals surface area contributed by atoms with E-state index in [0.29, 0.717) is 18.9 Å². The summed E-state index contributed by atoms with van der Waals surface area (Å²) in [6.45, 7) is 0. The van der Waals surface area contributed by atoms with Gasteiger partial charge in [0.2, 0.25) is 0 Å². The Morgan fingerprint density at radius 1 is 0.700 bits per heavy atom. The normalized spacial score (nSPS) is 16.2. The molecular weight excluding hydrogens is 689 g/mol. The van der Waals surface area contributed by atoms with E-state index in [2.05, 4.69) is 15.5 Å². The third-order valence-electron chi connectivity index (χ3n) is 9.04. The molecular formula is C34H24N4O10S2-2. The second-order valence-electron chi connectivity index (χ2n) is 12.0. The van der Waals surface area contributed by atoms with Gasteiger partial charge in [-0.3, -0.25) is 29.6 Å². The van der Waals surface area contributed by atoms with Crippen LogP contribution < -0.4 is 32.7 Å². The van der Waals surface area contributed by atoms with Gasteiger partial charge < -0.3 is 14.8 Å². The molecule has 0 aromatic heterocycles. The van der Waals surface area contributed by atoms with Crippen LogP contribution in [-0.2, 0) is 20.2 Å². The first-order valence-corrected chi connectivity index (χ1v) is 18.1. The fraction of sp³-hybridized carbons (Fsp3) is 0.176. The third kappa shape index (κ3) is 5.32. The standard InChI is InChI=1S/C34H26N4O10S2/c35-29-23(49(43,44)45)15-22(26-27(29)33(41)19-12-6-4-10-17(19)32(26)40)37-38-30-24(50(46,47)48)14-21(36-16-8-2-1-3-9-16)25-28(30)34(42)20-13-7-5-11-18(20)31(25)39/h4-7,10-16,37H,1-3,8-9,35H2,(H,43,44,45)(H,46,47,48)/p-2/b36-21?,38-30-. The van der Waals surface area contributed by atoms with Crippen molar-refractivity contribution in [2.75, 3.05) is 11.2 Å². The van der Waals surface area contributed by atoms with Gasteiger partial charge in [-0.15, -0.1) is 0 Å². The van der Waals surface area contributed by atoms with Crippen LogP contribution in [0.2, 0.25) is 0 Å². The minimum absolute atomic E-state index is 0.0161. The lowest BCUT2D eigenvalue weighted by molar-refractivity contribution is 0.0980. The zero-order valence-electron chi connectivity index (χ0n) is 25.8. The fourth-order valence-corrected chi connectivity index (χ4v) is 8.02. The summed E-state index contributed by atoms with van der Waals surface area (Å²) in [5.41, 5.74) is 4.09. The molecule has 0 spiro atoms. The Labute approximate surface area is 282 Å². The average molecular weight is 713 g/mol. The molecule has 16 heteroatoms. The van der Waals surface area contributed by atoms with E-state index in [9.17, 15) is 45.1 Å². The maximum atomic E-state index is 14.1. The van der Waals surface area contributed by atoms with Crippen molar-refractivity contribution < 1.29 is 35.5 Å². The van der Waals surface area contributed by atoms with Gasteiger partial charge in [0.25, 0.3) is 0 Å². The topological polar surface area (TPSA) is 245 Å². The molecule has 1 saturated carbocycles. The highest BCUT2D eigenvalue weighted by atomic mass is 32.2. The Bertz CT molecular complexity index is 2870. The number of carbonyl (C=O) groups excluding carboxylic acids is 2. The summed E-state index contributed by atoms with van der Waals surface area (Å²) in [5, 5.41) is 2.07. The van der Waals surface area contributed by atoms with Gasteiger partial charge >= 0.3 is 0 Å². The Kier molecular flexibility index (Phi) is 7.86. The van der Waals surface area contributed by atoms with E-state index >= 15 is 0 Å². The quantitative estimate of drug-likeness (QED) is 0.147. The van der Waals surface area contributed by atoms with Crippen LogP contribution >= 0.6 is 0 Å². The third-order valence-corrected chi connectivity index (χ3v) is 10.8. The zero-order chi connectivity index (χ0) is 35.7. The number of carbonyl (C=O) groups is 2. The lowest BCUT2D eigenvalue weighted by Crippen LogP contribution is -2.34. The summed E-state index contributed by atoms with van der Waals surface area (Å²) in [6, 6.07) is 12.6. The van der Waals surface area contributed by atoms with Gasteiger partial charge in [-0.05, 0) is 25.0 Å². The lowest BCUT2D eigenvalue weighted by atomic mass is 9.82. The minimum Gasteiger partial charge on any atom is -0.744 e. The first kappa shape index (κ1) is 33.1. The van der Waals surface area contributed by atoms with Crippen LogP contribution in [0.1, 0.15) is 63.9 Å². The number of fused-ring (bicyclic) bond motifs is 3. The SMILES string of the molecule is Nc1c(S(=O)(=O)[O-])cc(N/N=c2/c(S(=O)(=O)[O-])cc(=NC3CCCCC3)c3c(=O)c4ccccc4c(=O)c2=3)c2c1C(=O)c1ccccc1C2=O. The van der Waals surface area contributed by atoms with Gasteiger partial charge in [0.15, 0.2) is 22.4 Å². The Morgan fingerprint density at radius 3 is 1.82 bits per heavy atom. The Morgan fingerprint density at radius 2 is 1.24 bits per heavy atom. The first-order valence-electron chi connectivity index (χ1n) is 15.3. The van der Waals surface area contributed by atoms with Crippen LogP contribution in [0.5, 0.6) is 0 Å². The van der Waals surface area contributed by atoms with Crippen LogP contribution in [0.4, 0.5) is 11.4 Å². The number of anilines is 2. The van der Waals surface area contributed by atoms with E-state index in [1.807, 2.05) is 0 Å². The van der Waals surface area contributed by atoms with E-state index in [4.69, 9.17) is 5.73 Å². The molecule has 50 heavy (non-hydrogen) atoms. The molecule has 0 saturated heterocycles. The predicted molar refractivity (Wildman–Crippen MR) is 176 cm³/mol. The number of nitrogens with one attached hydrogen (secondary N) is 1. The number of nitrogen functional groups attached to an aromatic ring is 1. The molecule has 3 N–H and O–H groups in total. The lowest BCUT2D eigenvalue weighted by Gasteiger charge is -2.24. The summed E-state index contributed by atoms with van der Waals surface area (Å²) in [5.74, 6) is -1.71. The molecule has 4 aliphatic rings. The highest BCUT2D eigenvalue weighted by Gasteiger charge is 2.35. The van der Waals surface area contributed by atoms with E-state index in [1.165, 1.54) is 42.5 Å². The van der Waals surface area contributed by atoms with Crippen molar-refractivity contribution in [3.05, 3.63) is 125 Å². The van der Waals surface area contributed by atoms with Gasteiger partial charge in [0.1, 0.15) is 25.6 Å². The van der Waals surface area contributed by atoms with Crippen LogP contribution in [0.15, 0.2) is 90.1 Å². The molecule has 0 bridgehead atoms. The molecule has 0 heterocycles. The van der Waals surface area contributed by atoms with E-state index in [1.54, 1.807) is 6.07 Å². The molecule has 0 amide bonds. The monoisotopic (exact) mass is 712 g/mol. The largest absolute Gasteiger partial charge is 0.744 e. The average Bonchev–Trinajstić information content (AvgIpc) is 3.08. The van der Waals surface area contributed by atoms with Crippen LogP contribution in [0.25, 0.3) is 10.8 Å². The van der Waals surface area contributed by atoms with Gasteiger partial charge in [-0.1, -0.05) is 67.8 Å². The smallest absolute Gasteiger partial charge is 0.196 e. The number of rotatable bonds is 5. The summed E-state index contributed by atoms with van der Waals surface area (Å²) in [6.07, 6.45) is 3.87. The molecule has 7 rings (SSSR count). The predicted octanol–water partition coefficient (Wildman–Crippen LogP) is 1.49. The van der Waals surface area contributed by atoms with E-state index in [0.717, 1.165) is 25.3 Å². The van der Waals surface area contributed by atoms with Gasteiger partial charge in [0.05, 0.1) is 54.1 Å². The van der Waals surface area contributed by atoms with Crippen LogP contribution in [-0.4, -0.2) is 43.5 Å². The molecule has 14 nitrogen and oxygen atoms in total. The van der Waals surface area contributed by atoms with Gasteiger partial charge in [-0.25, -0.2) is 16.8 Å². The molecule has 1 fully saturated rings. The van der Waals surface area contributed by atoms with Crippen molar-refractivity contribution in [3.8, 4) is 0 Å². The molecule has 4 aliphatic carbocycles. The van der Waals surface area contributed by atoms with Crippen molar-refractivity contribution in [3.63, 3.8) is 0 Å². The van der Waals surface area contributed by atoms with Crippen molar-refractivity contribution >= 4 is 53.9 Å². The number of nitrogens with zero attached hydrogens (tertiary/aromatic N) is 2. The van der Waals surface area contributed by atoms with Gasteiger partial charge in [-0.2, -0.15) is 5.10 Å². The van der Waals surface area contributed by atoms with Crippen LogP contribution in [0, 0.1) is 10.4 Å². The van der Waals surface area contributed by atoms with Crippen molar-refractivity contribution in [1.29, 1.82) is 0 Å². The molecule has 0 radical (unpaired) electrons. The number of hydrogen-bond donors (Lipinski definition) is 2. The Hall–Kier alpha value is -5.42. The van der Waals surface area contributed by atoms with Crippen LogP contribution in [0.3, 0.4) is 0 Å². The second-order valence-corrected chi connectivity index (χ2v) is 14.7. The molecule has 254 valence electrons. The first-order chi connectivity index (χ1) is 23.7. The zero-order valence-corrected chi connectivity index (χ0v) is 27.4. The molecule has 0 unspecified atom stereocenters. The highest BCUT2D eigenvalue weighted by molar-refractivity contribution is 7.86. The maximum absolute atomic E-state index is 14.1. The number of nitrogens with two attached hydrogens (primary N) is 1. The summed E-state index contributed by atoms with van der Waals surface area (Å²) in [4.78, 5) is 57.9. The fourth-order valence-electron chi connectivity index (χ4n) is 6.75. The molecule has 3 aromatic rings. The van der Waals surface area contributed by atoms with E-state index < -0.39 is 85.5 Å². The van der Waals surface area contributed by atoms with Crippen molar-refractivity contribution in [2.24, 2.45) is 10.1 Å². The summed E-state index contributed by atoms with van der Waals surface area (Å²) in [7, 11) is -10.8. The number of ketones is 2. The van der Waals surface area contributed by atoms with Crippen molar-refractivity contribution in [1.82, 2.24) is 0 Å². The van der Waals surface area contributed by atoms with Gasteiger partial charge in [0, 0.05) is 21.9 Å². The molecule has 0 atom stereocenters. The molecule has 0 aliphatic heterocycles. The maximum Gasteiger partial charge on any atom is 0.196 e. The summed E-state index contributed by atoms with van der Waals surface area (Å²) >= 11 is 0.